The Kier molecular flexibility index (Phi) is 5.19. The maximum atomic E-state index is 12.4. The van der Waals surface area contributed by atoms with Crippen molar-refractivity contribution in [1.82, 2.24) is 4.90 Å². The molecule has 1 aliphatic heterocycles. The minimum absolute atomic E-state index is 0.0162. The molecule has 1 amide bonds. The van der Waals surface area contributed by atoms with Crippen LogP contribution >= 0.6 is 0 Å². The van der Waals surface area contributed by atoms with Gasteiger partial charge in [0.1, 0.15) is 0 Å². The molecule has 19 heavy (non-hydrogen) atoms. The molecule has 1 saturated heterocycles. The highest BCUT2D eigenvalue weighted by Gasteiger charge is 2.35. The standard InChI is InChI=1S/C14H26N2O3/c15-11-14(4-2-1-3-5-14)8-13(18)16-6-7-19-12(9-16)10-17/h12,17H,1-11,15H2. The second kappa shape index (κ2) is 6.68. The number of aliphatic hydroxyl groups is 1. The number of nitrogens with two attached hydrogens (primary N) is 1. The van der Waals surface area contributed by atoms with E-state index in [1.807, 2.05) is 4.90 Å². The van der Waals surface area contributed by atoms with Gasteiger partial charge in [-0.25, -0.2) is 0 Å². The molecule has 0 aromatic carbocycles. The average molecular weight is 270 g/mol. The Morgan fingerprint density at radius 2 is 2.11 bits per heavy atom. The summed E-state index contributed by atoms with van der Waals surface area (Å²) in [6.45, 7) is 2.25. The Labute approximate surface area is 115 Å². The number of hydrogen-bond acceptors (Lipinski definition) is 4. The lowest BCUT2D eigenvalue weighted by atomic mass is 9.71. The molecule has 1 saturated carbocycles. The Morgan fingerprint density at radius 1 is 1.37 bits per heavy atom. The van der Waals surface area contributed by atoms with Gasteiger partial charge < -0.3 is 20.5 Å². The van der Waals surface area contributed by atoms with E-state index in [0.29, 0.717) is 32.7 Å². The van der Waals surface area contributed by atoms with Crippen molar-refractivity contribution in [3.8, 4) is 0 Å². The monoisotopic (exact) mass is 270 g/mol. The third-order valence-corrected chi connectivity index (χ3v) is 4.57. The topological polar surface area (TPSA) is 75.8 Å². The van der Waals surface area contributed by atoms with Crippen LogP contribution in [0.3, 0.4) is 0 Å². The van der Waals surface area contributed by atoms with E-state index in [0.717, 1.165) is 12.8 Å². The first-order valence-electron chi connectivity index (χ1n) is 7.39. The van der Waals surface area contributed by atoms with E-state index in [4.69, 9.17) is 15.6 Å². The molecule has 0 aromatic rings. The number of rotatable bonds is 4. The molecular formula is C14H26N2O3. The van der Waals surface area contributed by atoms with Gasteiger partial charge in [0, 0.05) is 19.5 Å². The summed E-state index contributed by atoms with van der Waals surface area (Å²) >= 11 is 0. The van der Waals surface area contributed by atoms with Crippen LogP contribution < -0.4 is 5.73 Å². The fourth-order valence-corrected chi connectivity index (χ4v) is 3.24. The molecule has 5 nitrogen and oxygen atoms in total. The van der Waals surface area contributed by atoms with E-state index >= 15 is 0 Å². The van der Waals surface area contributed by atoms with Crippen LogP contribution in [0, 0.1) is 5.41 Å². The van der Waals surface area contributed by atoms with Gasteiger partial charge in [0.2, 0.25) is 5.91 Å². The summed E-state index contributed by atoms with van der Waals surface area (Å²) in [5, 5.41) is 9.13. The zero-order valence-corrected chi connectivity index (χ0v) is 11.6. The van der Waals surface area contributed by atoms with E-state index in [-0.39, 0.29) is 24.0 Å². The van der Waals surface area contributed by atoms with Crippen molar-refractivity contribution >= 4 is 5.91 Å². The molecule has 0 spiro atoms. The lowest BCUT2D eigenvalue weighted by molar-refractivity contribution is -0.143. The van der Waals surface area contributed by atoms with Gasteiger partial charge in [0.05, 0.1) is 19.3 Å². The number of carbonyl (C=O) groups is 1. The van der Waals surface area contributed by atoms with Gasteiger partial charge in [0.15, 0.2) is 0 Å². The second-order valence-electron chi connectivity index (χ2n) is 5.96. The molecule has 1 heterocycles. The van der Waals surface area contributed by atoms with Crippen molar-refractivity contribution < 1.29 is 14.6 Å². The summed E-state index contributed by atoms with van der Waals surface area (Å²) in [6, 6.07) is 0. The number of carbonyl (C=O) groups excluding carboxylic acids is 1. The summed E-state index contributed by atoms with van der Waals surface area (Å²) in [5.74, 6) is 0.175. The van der Waals surface area contributed by atoms with Crippen LogP contribution in [0.2, 0.25) is 0 Å². The van der Waals surface area contributed by atoms with Gasteiger partial charge >= 0.3 is 0 Å². The smallest absolute Gasteiger partial charge is 0.223 e. The molecule has 110 valence electrons. The van der Waals surface area contributed by atoms with Crippen LogP contribution in [0.5, 0.6) is 0 Å². The van der Waals surface area contributed by atoms with Crippen LogP contribution in [0.15, 0.2) is 0 Å². The molecule has 0 bridgehead atoms. The fraction of sp³-hybridized carbons (Fsp3) is 0.929. The molecule has 0 aromatic heterocycles. The average Bonchev–Trinajstić information content (AvgIpc) is 2.48. The molecule has 3 N–H and O–H groups in total. The SMILES string of the molecule is NCC1(CC(=O)N2CCOC(CO)C2)CCCCC1. The van der Waals surface area contributed by atoms with Gasteiger partial charge in [0.25, 0.3) is 0 Å². The van der Waals surface area contributed by atoms with Crippen LogP contribution in [-0.2, 0) is 9.53 Å². The van der Waals surface area contributed by atoms with E-state index in [2.05, 4.69) is 0 Å². The van der Waals surface area contributed by atoms with Crippen molar-refractivity contribution in [2.75, 3.05) is 32.8 Å². The molecule has 5 heteroatoms. The number of morpholine rings is 1. The third-order valence-electron chi connectivity index (χ3n) is 4.57. The lowest BCUT2D eigenvalue weighted by Crippen LogP contribution is -2.49. The number of amides is 1. The van der Waals surface area contributed by atoms with Crippen molar-refractivity contribution in [3.63, 3.8) is 0 Å². The maximum Gasteiger partial charge on any atom is 0.223 e. The Morgan fingerprint density at radius 3 is 2.74 bits per heavy atom. The summed E-state index contributed by atoms with van der Waals surface area (Å²) in [7, 11) is 0. The van der Waals surface area contributed by atoms with Crippen LogP contribution in [-0.4, -0.2) is 54.9 Å². The molecule has 1 unspecified atom stereocenters. The number of aliphatic hydroxyl groups excluding tert-OH is 1. The Bertz CT molecular complexity index is 303. The zero-order valence-electron chi connectivity index (χ0n) is 11.6. The second-order valence-corrected chi connectivity index (χ2v) is 5.96. The van der Waals surface area contributed by atoms with Gasteiger partial charge in [-0.1, -0.05) is 19.3 Å². The minimum Gasteiger partial charge on any atom is -0.394 e. The van der Waals surface area contributed by atoms with Gasteiger partial charge in [-0.3, -0.25) is 4.79 Å². The molecule has 2 fully saturated rings. The molecule has 2 aliphatic rings. The molecule has 0 radical (unpaired) electrons. The largest absolute Gasteiger partial charge is 0.394 e. The highest BCUT2D eigenvalue weighted by atomic mass is 16.5. The summed E-state index contributed by atoms with van der Waals surface area (Å²) < 4.78 is 5.38. The minimum atomic E-state index is -0.224. The predicted octanol–water partition coefficient (Wildman–Crippen LogP) is 0.505. The van der Waals surface area contributed by atoms with Gasteiger partial charge in [-0.2, -0.15) is 0 Å². The van der Waals surface area contributed by atoms with Gasteiger partial charge in [-0.05, 0) is 24.8 Å². The highest BCUT2D eigenvalue weighted by molar-refractivity contribution is 5.77. The highest BCUT2D eigenvalue weighted by Crippen LogP contribution is 2.38. The first kappa shape index (κ1) is 14.8. The van der Waals surface area contributed by atoms with E-state index in [9.17, 15) is 4.79 Å². The lowest BCUT2D eigenvalue weighted by Gasteiger charge is -2.39. The molecule has 2 rings (SSSR count). The van der Waals surface area contributed by atoms with Crippen molar-refractivity contribution in [3.05, 3.63) is 0 Å². The number of hydrogen-bond donors (Lipinski definition) is 2. The molecule has 1 atom stereocenters. The summed E-state index contributed by atoms with van der Waals surface area (Å²) in [4.78, 5) is 14.3. The van der Waals surface area contributed by atoms with Crippen LogP contribution in [0.1, 0.15) is 38.5 Å². The molecule has 1 aliphatic carbocycles. The van der Waals surface area contributed by atoms with Crippen molar-refractivity contribution in [2.24, 2.45) is 11.1 Å². The van der Waals surface area contributed by atoms with Crippen LogP contribution in [0.4, 0.5) is 0 Å². The summed E-state index contributed by atoms with van der Waals surface area (Å²) in [6.07, 6.45) is 6.12. The fourth-order valence-electron chi connectivity index (χ4n) is 3.24. The van der Waals surface area contributed by atoms with E-state index in [1.165, 1.54) is 19.3 Å². The zero-order chi connectivity index (χ0) is 13.7. The third kappa shape index (κ3) is 3.68. The molecular weight excluding hydrogens is 244 g/mol. The normalized spacial score (nSPS) is 27.3. The first-order valence-corrected chi connectivity index (χ1v) is 7.39. The van der Waals surface area contributed by atoms with Crippen molar-refractivity contribution in [2.45, 2.75) is 44.6 Å². The van der Waals surface area contributed by atoms with E-state index < -0.39 is 0 Å². The number of ether oxygens (including phenoxy) is 1. The Balaban J connectivity index is 1.91. The van der Waals surface area contributed by atoms with Gasteiger partial charge in [-0.15, -0.1) is 0 Å². The summed E-state index contributed by atoms with van der Waals surface area (Å²) in [5.41, 5.74) is 5.95. The Hall–Kier alpha value is -0.650. The predicted molar refractivity (Wildman–Crippen MR) is 72.6 cm³/mol. The van der Waals surface area contributed by atoms with Crippen molar-refractivity contribution in [1.29, 1.82) is 0 Å². The maximum absolute atomic E-state index is 12.4. The first-order chi connectivity index (χ1) is 9.19. The van der Waals surface area contributed by atoms with E-state index in [1.54, 1.807) is 0 Å². The quantitative estimate of drug-likeness (QED) is 0.780. The van der Waals surface area contributed by atoms with Crippen LogP contribution in [0.25, 0.3) is 0 Å². The number of nitrogens with zero attached hydrogens (tertiary/aromatic N) is 1.